The van der Waals surface area contributed by atoms with Gasteiger partial charge >= 0.3 is 0 Å². The lowest BCUT2D eigenvalue weighted by molar-refractivity contribution is 0.0357. The molecule has 0 radical (unpaired) electrons. The van der Waals surface area contributed by atoms with Crippen LogP contribution in [0.15, 0.2) is 0 Å². The van der Waals surface area contributed by atoms with Crippen molar-refractivity contribution in [2.45, 2.75) is 26.2 Å². The highest BCUT2D eigenvalue weighted by Crippen LogP contribution is 2.00. The van der Waals surface area contributed by atoms with Crippen LogP contribution in [0.4, 0.5) is 0 Å². The third-order valence-electron chi connectivity index (χ3n) is 2.47. The molecule has 0 unspecified atom stereocenters. The third kappa shape index (κ3) is 5.58. The zero-order valence-electron chi connectivity index (χ0n) is 9.33. The summed E-state index contributed by atoms with van der Waals surface area (Å²) >= 11 is 0. The second-order valence-electron chi connectivity index (χ2n) is 3.77. The molecule has 0 spiro atoms. The van der Waals surface area contributed by atoms with Crippen molar-refractivity contribution in [2.75, 3.05) is 46.1 Å². The SMILES string of the molecule is CCCOCCCCN1CCOCC1. The van der Waals surface area contributed by atoms with Crippen LogP contribution < -0.4 is 0 Å². The van der Waals surface area contributed by atoms with Gasteiger partial charge in [-0.05, 0) is 25.8 Å². The molecule has 1 saturated heterocycles. The maximum atomic E-state index is 5.43. The molecular formula is C11H23NO2. The zero-order chi connectivity index (χ0) is 10.1. The molecule has 1 fully saturated rings. The van der Waals surface area contributed by atoms with Crippen LogP contribution in [0.5, 0.6) is 0 Å². The molecule has 3 heteroatoms. The van der Waals surface area contributed by atoms with Crippen LogP contribution in [0, 0.1) is 0 Å². The summed E-state index contributed by atoms with van der Waals surface area (Å²) in [6.07, 6.45) is 3.57. The van der Waals surface area contributed by atoms with Crippen LogP contribution in [0.1, 0.15) is 26.2 Å². The van der Waals surface area contributed by atoms with Gasteiger partial charge in [0.1, 0.15) is 0 Å². The van der Waals surface area contributed by atoms with Gasteiger partial charge in [-0.15, -0.1) is 0 Å². The van der Waals surface area contributed by atoms with Gasteiger partial charge in [-0.1, -0.05) is 6.92 Å². The first kappa shape index (κ1) is 12.0. The van der Waals surface area contributed by atoms with Crippen molar-refractivity contribution in [3.05, 3.63) is 0 Å². The fourth-order valence-electron chi connectivity index (χ4n) is 1.61. The summed E-state index contributed by atoms with van der Waals surface area (Å²) in [5.74, 6) is 0. The Morgan fingerprint density at radius 3 is 2.64 bits per heavy atom. The van der Waals surface area contributed by atoms with Gasteiger partial charge in [-0.3, -0.25) is 4.90 Å². The molecule has 0 aliphatic carbocycles. The molecule has 0 amide bonds. The van der Waals surface area contributed by atoms with E-state index in [4.69, 9.17) is 9.47 Å². The van der Waals surface area contributed by atoms with E-state index in [0.717, 1.165) is 45.9 Å². The van der Waals surface area contributed by atoms with Crippen LogP contribution in [0.3, 0.4) is 0 Å². The molecule has 0 N–H and O–H groups in total. The Hall–Kier alpha value is -0.120. The summed E-state index contributed by atoms with van der Waals surface area (Å²) in [6, 6.07) is 0. The molecule has 14 heavy (non-hydrogen) atoms. The molecule has 1 heterocycles. The molecule has 3 nitrogen and oxygen atoms in total. The van der Waals surface area contributed by atoms with Gasteiger partial charge in [0.05, 0.1) is 13.2 Å². The summed E-state index contributed by atoms with van der Waals surface area (Å²) in [6.45, 7) is 9.23. The Kier molecular flexibility index (Phi) is 7.01. The lowest BCUT2D eigenvalue weighted by Crippen LogP contribution is -2.36. The normalized spacial score (nSPS) is 18.6. The van der Waals surface area contributed by atoms with Crippen LogP contribution >= 0.6 is 0 Å². The van der Waals surface area contributed by atoms with Gasteiger partial charge in [-0.2, -0.15) is 0 Å². The van der Waals surface area contributed by atoms with Crippen molar-refractivity contribution in [2.24, 2.45) is 0 Å². The van der Waals surface area contributed by atoms with Gasteiger partial charge < -0.3 is 9.47 Å². The minimum absolute atomic E-state index is 0.909. The average molecular weight is 201 g/mol. The highest BCUT2D eigenvalue weighted by atomic mass is 16.5. The highest BCUT2D eigenvalue weighted by molar-refractivity contribution is 4.61. The van der Waals surface area contributed by atoms with Crippen molar-refractivity contribution in [3.8, 4) is 0 Å². The van der Waals surface area contributed by atoms with E-state index in [1.165, 1.54) is 19.4 Å². The number of nitrogens with zero attached hydrogens (tertiary/aromatic N) is 1. The Labute approximate surface area is 87.4 Å². The summed E-state index contributed by atoms with van der Waals surface area (Å²) in [4.78, 5) is 2.48. The molecule has 0 aromatic carbocycles. The van der Waals surface area contributed by atoms with E-state index in [1.54, 1.807) is 0 Å². The molecule has 84 valence electrons. The van der Waals surface area contributed by atoms with Gasteiger partial charge in [0.25, 0.3) is 0 Å². The number of unbranched alkanes of at least 4 members (excludes halogenated alkanes) is 1. The van der Waals surface area contributed by atoms with Crippen molar-refractivity contribution in [1.82, 2.24) is 4.90 Å². The largest absolute Gasteiger partial charge is 0.381 e. The molecule has 0 bridgehead atoms. The molecule has 1 aliphatic heterocycles. The van der Waals surface area contributed by atoms with Crippen molar-refractivity contribution < 1.29 is 9.47 Å². The van der Waals surface area contributed by atoms with Gasteiger partial charge in [-0.25, -0.2) is 0 Å². The minimum Gasteiger partial charge on any atom is -0.381 e. The summed E-state index contributed by atoms with van der Waals surface area (Å²) in [5, 5.41) is 0. The van der Waals surface area contributed by atoms with E-state index < -0.39 is 0 Å². The second-order valence-corrected chi connectivity index (χ2v) is 3.77. The lowest BCUT2D eigenvalue weighted by Gasteiger charge is -2.26. The first-order valence-corrected chi connectivity index (χ1v) is 5.81. The predicted octanol–water partition coefficient (Wildman–Crippen LogP) is 1.53. The molecule has 1 aliphatic rings. The predicted molar refractivity (Wildman–Crippen MR) is 57.6 cm³/mol. The Balaban J connectivity index is 1.82. The van der Waals surface area contributed by atoms with E-state index in [0.29, 0.717) is 0 Å². The maximum absolute atomic E-state index is 5.43. The molecule has 0 aromatic rings. The Morgan fingerprint density at radius 2 is 1.93 bits per heavy atom. The highest BCUT2D eigenvalue weighted by Gasteiger charge is 2.08. The van der Waals surface area contributed by atoms with Crippen LogP contribution in [0.2, 0.25) is 0 Å². The van der Waals surface area contributed by atoms with Gasteiger partial charge in [0, 0.05) is 26.3 Å². The van der Waals surface area contributed by atoms with Crippen molar-refractivity contribution in [3.63, 3.8) is 0 Å². The number of ether oxygens (including phenoxy) is 2. The van der Waals surface area contributed by atoms with Crippen LogP contribution in [-0.4, -0.2) is 51.0 Å². The van der Waals surface area contributed by atoms with Crippen molar-refractivity contribution >= 4 is 0 Å². The number of morpholine rings is 1. The minimum atomic E-state index is 0.909. The maximum Gasteiger partial charge on any atom is 0.0594 e. The molecule has 0 atom stereocenters. The molecule has 0 saturated carbocycles. The van der Waals surface area contributed by atoms with Crippen LogP contribution in [0.25, 0.3) is 0 Å². The van der Waals surface area contributed by atoms with Gasteiger partial charge in [0.15, 0.2) is 0 Å². The molecule has 1 rings (SSSR count). The van der Waals surface area contributed by atoms with E-state index in [1.807, 2.05) is 0 Å². The average Bonchev–Trinajstić information content (AvgIpc) is 2.25. The van der Waals surface area contributed by atoms with E-state index in [-0.39, 0.29) is 0 Å². The Bertz CT molecular complexity index is 124. The zero-order valence-corrected chi connectivity index (χ0v) is 9.33. The van der Waals surface area contributed by atoms with Crippen LogP contribution in [-0.2, 0) is 9.47 Å². The summed E-state index contributed by atoms with van der Waals surface area (Å²) in [7, 11) is 0. The Morgan fingerprint density at radius 1 is 1.14 bits per heavy atom. The fraction of sp³-hybridized carbons (Fsp3) is 1.00. The standard InChI is InChI=1S/C11H23NO2/c1-2-8-13-9-4-3-5-12-6-10-14-11-7-12/h2-11H2,1H3. The van der Waals surface area contributed by atoms with E-state index in [2.05, 4.69) is 11.8 Å². The molecule has 0 aromatic heterocycles. The number of hydrogen-bond acceptors (Lipinski definition) is 3. The monoisotopic (exact) mass is 201 g/mol. The lowest BCUT2D eigenvalue weighted by atomic mass is 10.3. The third-order valence-corrected chi connectivity index (χ3v) is 2.47. The molecular weight excluding hydrogens is 178 g/mol. The number of rotatable bonds is 7. The quantitative estimate of drug-likeness (QED) is 0.583. The van der Waals surface area contributed by atoms with E-state index in [9.17, 15) is 0 Å². The number of hydrogen-bond donors (Lipinski definition) is 0. The smallest absolute Gasteiger partial charge is 0.0594 e. The summed E-state index contributed by atoms with van der Waals surface area (Å²) < 4.78 is 10.7. The van der Waals surface area contributed by atoms with E-state index >= 15 is 0 Å². The topological polar surface area (TPSA) is 21.7 Å². The van der Waals surface area contributed by atoms with Crippen molar-refractivity contribution in [1.29, 1.82) is 0 Å². The first-order valence-electron chi connectivity index (χ1n) is 5.81. The fourth-order valence-corrected chi connectivity index (χ4v) is 1.61. The van der Waals surface area contributed by atoms with Gasteiger partial charge in [0.2, 0.25) is 0 Å². The summed E-state index contributed by atoms with van der Waals surface area (Å²) in [5.41, 5.74) is 0. The first-order chi connectivity index (χ1) is 6.93. The second kappa shape index (κ2) is 8.21.